The number of hydrogen-bond acceptors (Lipinski definition) is 3. The van der Waals surface area contributed by atoms with E-state index in [0.717, 1.165) is 44.6 Å². The van der Waals surface area contributed by atoms with Gasteiger partial charge in [0, 0.05) is 43.0 Å². The zero-order valence-electron chi connectivity index (χ0n) is 14.6. The summed E-state index contributed by atoms with van der Waals surface area (Å²) in [5.74, 6) is 0.606. The number of carbonyl (C=O) groups is 1. The Balaban J connectivity index is 1.32. The lowest BCUT2D eigenvalue weighted by atomic mass is 9.91. The standard InChI is InChI=1S/C20H26N4O/c25-19(22-14-20(8-9-20)15-24-12-2-11-23-24)17-6-4-16(5-7-17)18-3-1-10-21-13-18/h2,4-7,11-12,18,21H,1,3,8-10,13-15H2,(H,22,25)/t18-/m1/s1. The second-order valence-corrected chi connectivity index (χ2v) is 7.55. The van der Waals surface area contributed by atoms with Gasteiger partial charge in [0.1, 0.15) is 0 Å². The Morgan fingerprint density at radius 1 is 1.32 bits per heavy atom. The number of benzene rings is 1. The van der Waals surface area contributed by atoms with Gasteiger partial charge in [-0.15, -0.1) is 0 Å². The molecule has 4 rings (SSSR count). The van der Waals surface area contributed by atoms with E-state index in [1.165, 1.54) is 18.4 Å². The van der Waals surface area contributed by atoms with Gasteiger partial charge in [0.05, 0.1) is 0 Å². The molecule has 0 radical (unpaired) electrons. The third-order valence-electron chi connectivity index (χ3n) is 5.58. The summed E-state index contributed by atoms with van der Waals surface area (Å²) in [4.78, 5) is 12.5. The number of amides is 1. The summed E-state index contributed by atoms with van der Waals surface area (Å²) < 4.78 is 1.96. The summed E-state index contributed by atoms with van der Waals surface area (Å²) >= 11 is 0. The molecule has 0 unspecified atom stereocenters. The van der Waals surface area contributed by atoms with E-state index in [4.69, 9.17) is 0 Å². The van der Waals surface area contributed by atoms with Crippen molar-refractivity contribution in [2.75, 3.05) is 19.6 Å². The van der Waals surface area contributed by atoms with Crippen molar-refractivity contribution >= 4 is 5.91 Å². The zero-order valence-corrected chi connectivity index (χ0v) is 14.6. The molecule has 1 amide bonds. The zero-order chi connectivity index (χ0) is 17.1. The Kier molecular flexibility index (Phi) is 4.57. The number of piperidine rings is 1. The second kappa shape index (κ2) is 7.00. The Morgan fingerprint density at radius 3 is 2.80 bits per heavy atom. The topological polar surface area (TPSA) is 59.0 Å². The maximum Gasteiger partial charge on any atom is 0.251 e. The quantitative estimate of drug-likeness (QED) is 0.851. The van der Waals surface area contributed by atoms with E-state index in [-0.39, 0.29) is 11.3 Å². The average Bonchev–Trinajstić information content (AvgIpc) is 3.24. The van der Waals surface area contributed by atoms with E-state index in [1.54, 1.807) is 6.20 Å². The van der Waals surface area contributed by atoms with Crippen molar-refractivity contribution in [3.05, 3.63) is 53.9 Å². The molecule has 2 heterocycles. The van der Waals surface area contributed by atoms with Gasteiger partial charge in [0.2, 0.25) is 0 Å². The van der Waals surface area contributed by atoms with E-state index in [0.29, 0.717) is 5.92 Å². The van der Waals surface area contributed by atoms with Gasteiger partial charge < -0.3 is 10.6 Å². The maximum absolute atomic E-state index is 12.5. The fourth-order valence-corrected chi connectivity index (χ4v) is 3.72. The molecule has 1 aliphatic heterocycles. The van der Waals surface area contributed by atoms with Crippen LogP contribution >= 0.6 is 0 Å². The van der Waals surface area contributed by atoms with E-state index in [9.17, 15) is 4.79 Å². The normalized spacial score (nSPS) is 21.7. The first kappa shape index (κ1) is 16.3. The SMILES string of the molecule is O=C(NCC1(Cn2cccn2)CC1)c1ccc([C@@H]2CCCNC2)cc1. The van der Waals surface area contributed by atoms with Crippen LogP contribution < -0.4 is 10.6 Å². The minimum atomic E-state index is 0.0278. The van der Waals surface area contributed by atoms with E-state index in [1.807, 2.05) is 29.1 Å². The minimum Gasteiger partial charge on any atom is -0.351 e. The number of hydrogen-bond donors (Lipinski definition) is 2. The van der Waals surface area contributed by atoms with E-state index >= 15 is 0 Å². The molecule has 1 aromatic heterocycles. The first-order chi connectivity index (χ1) is 12.2. The van der Waals surface area contributed by atoms with Crippen LogP contribution in [0.25, 0.3) is 0 Å². The van der Waals surface area contributed by atoms with Crippen molar-refractivity contribution in [1.29, 1.82) is 0 Å². The van der Waals surface area contributed by atoms with Gasteiger partial charge in [-0.25, -0.2) is 0 Å². The monoisotopic (exact) mass is 338 g/mol. The number of carbonyl (C=O) groups excluding carboxylic acids is 1. The Hall–Kier alpha value is -2.14. The summed E-state index contributed by atoms with van der Waals surface area (Å²) in [6.45, 7) is 3.77. The van der Waals surface area contributed by atoms with Crippen molar-refractivity contribution in [2.45, 2.75) is 38.1 Å². The van der Waals surface area contributed by atoms with Gasteiger partial charge >= 0.3 is 0 Å². The molecule has 1 saturated carbocycles. The molecule has 2 fully saturated rings. The van der Waals surface area contributed by atoms with Crippen LogP contribution in [0.2, 0.25) is 0 Å². The van der Waals surface area contributed by atoms with Crippen LogP contribution in [0.4, 0.5) is 0 Å². The van der Waals surface area contributed by atoms with Crippen LogP contribution in [0.3, 0.4) is 0 Å². The minimum absolute atomic E-state index is 0.0278. The molecule has 1 atom stereocenters. The molecular weight excluding hydrogens is 312 g/mol. The molecule has 1 aromatic carbocycles. The third kappa shape index (κ3) is 3.93. The van der Waals surface area contributed by atoms with Crippen LogP contribution in [0, 0.1) is 5.41 Å². The van der Waals surface area contributed by atoms with Crippen molar-refractivity contribution < 1.29 is 4.79 Å². The molecule has 132 valence electrons. The highest BCUT2D eigenvalue weighted by atomic mass is 16.1. The largest absolute Gasteiger partial charge is 0.351 e. The predicted molar refractivity (Wildman–Crippen MR) is 97.5 cm³/mol. The summed E-state index contributed by atoms with van der Waals surface area (Å²) in [5, 5.41) is 10.8. The molecule has 2 aliphatic rings. The van der Waals surface area contributed by atoms with Crippen LogP contribution in [0.1, 0.15) is 47.5 Å². The third-order valence-corrected chi connectivity index (χ3v) is 5.58. The fraction of sp³-hybridized carbons (Fsp3) is 0.500. The highest BCUT2D eigenvalue weighted by Crippen LogP contribution is 2.46. The van der Waals surface area contributed by atoms with Gasteiger partial charge in [-0.1, -0.05) is 12.1 Å². The Morgan fingerprint density at radius 2 is 2.16 bits per heavy atom. The number of aromatic nitrogens is 2. The Labute approximate surface area is 148 Å². The lowest BCUT2D eigenvalue weighted by Crippen LogP contribution is -2.32. The molecule has 0 bridgehead atoms. The lowest BCUT2D eigenvalue weighted by Gasteiger charge is -2.23. The smallest absolute Gasteiger partial charge is 0.251 e. The van der Waals surface area contributed by atoms with Gasteiger partial charge in [0.15, 0.2) is 0 Å². The van der Waals surface area contributed by atoms with Crippen molar-refractivity contribution in [3.8, 4) is 0 Å². The van der Waals surface area contributed by atoms with Crippen LogP contribution in [-0.2, 0) is 6.54 Å². The fourth-order valence-electron chi connectivity index (χ4n) is 3.72. The van der Waals surface area contributed by atoms with Crippen LogP contribution in [0.15, 0.2) is 42.7 Å². The molecule has 2 aromatic rings. The summed E-state index contributed by atoms with van der Waals surface area (Å²) in [5.41, 5.74) is 2.28. The number of rotatable bonds is 6. The average molecular weight is 338 g/mol. The first-order valence-corrected chi connectivity index (χ1v) is 9.30. The van der Waals surface area contributed by atoms with Gasteiger partial charge in [0.25, 0.3) is 5.91 Å². The molecule has 2 N–H and O–H groups in total. The summed E-state index contributed by atoms with van der Waals surface area (Å²) in [6, 6.07) is 10.1. The molecule has 25 heavy (non-hydrogen) atoms. The molecule has 1 aliphatic carbocycles. The molecule has 5 heteroatoms. The van der Waals surface area contributed by atoms with Gasteiger partial charge in [-0.3, -0.25) is 9.48 Å². The molecular formula is C20H26N4O. The van der Waals surface area contributed by atoms with Crippen LogP contribution in [-0.4, -0.2) is 35.3 Å². The number of nitrogens with one attached hydrogen (secondary N) is 2. The Bertz CT molecular complexity index is 698. The molecule has 1 saturated heterocycles. The van der Waals surface area contributed by atoms with E-state index in [2.05, 4.69) is 27.9 Å². The number of nitrogens with zero attached hydrogens (tertiary/aromatic N) is 2. The predicted octanol–water partition coefficient (Wildman–Crippen LogP) is 2.56. The van der Waals surface area contributed by atoms with Crippen molar-refractivity contribution in [3.63, 3.8) is 0 Å². The highest BCUT2D eigenvalue weighted by Gasteiger charge is 2.43. The van der Waals surface area contributed by atoms with Crippen molar-refractivity contribution in [2.24, 2.45) is 5.41 Å². The van der Waals surface area contributed by atoms with E-state index < -0.39 is 0 Å². The summed E-state index contributed by atoms with van der Waals surface area (Å²) in [7, 11) is 0. The lowest BCUT2D eigenvalue weighted by molar-refractivity contribution is 0.0942. The first-order valence-electron chi connectivity index (χ1n) is 9.30. The summed E-state index contributed by atoms with van der Waals surface area (Å²) in [6.07, 6.45) is 8.56. The van der Waals surface area contributed by atoms with Gasteiger partial charge in [-0.2, -0.15) is 5.10 Å². The molecule has 0 spiro atoms. The highest BCUT2D eigenvalue weighted by molar-refractivity contribution is 5.94. The second-order valence-electron chi connectivity index (χ2n) is 7.55. The van der Waals surface area contributed by atoms with Crippen molar-refractivity contribution in [1.82, 2.24) is 20.4 Å². The van der Waals surface area contributed by atoms with Gasteiger partial charge in [-0.05, 0) is 61.9 Å². The maximum atomic E-state index is 12.5. The van der Waals surface area contributed by atoms with Crippen LogP contribution in [0.5, 0.6) is 0 Å². The molecule has 5 nitrogen and oxygen atoms in total.